The van der Waals surface area contributed by atoms with Crippen LogP contribution in [0.3, 0.4) is 0 Å². The number of primary amides is 1. The van der Waals surface area contributed by atoms with Gasteiger partial charge in [-0.15, -0.1) is 0 Å². The van der Waals surface area contributed by atoms with E-state index in [1.54, 1.807) is 17.2 Å². The molecule has 0 radical (unpaired) electrons. The number of nitrogens with one attached hydrogen (secondary N) is 1. The molecule has 2 aromatic heterocycles. The minimum atomic E-state index is -1.31. The van der Waals surface area contributed by atoms with Crippen LogP contribution in [0.4, 0.5) is 24.5 Å². The van der Waals surface area contributed by atoms with E-state index in [1.807, 2.05) is 6.07 Å². The summed E-state index contributed by atoms with van der Waals surface area (Å²) in [4.78, 5) is 34.2. The van der Waals surface area contributed by atoms with E-state index in [0.29, 0.717) is 36.8 Å². The van der Waals surface area contributed by atoms with Gasteiger partial charge in [0.2, 0.25) is 5.91 Å². The number of carbonyl (C=O) groups excluding carboxylic acids is 2. The van der Waals surface area contributed by atoms with Gasteiger partial charge in [-0.25, -0.2) is 13.2 Å². The van der Waals surface area contributed by atoms with Crippen molar-refractivity contribution in [1.82, 2.24) is 9.97 Å². The number of hydrogen-bond acceptors (Lipinski definition) is 5. The quantitative estimate of drug-likeness (QED) is 0.514. The second-order valence-electron chi connectivity index (χ2n) is 7.95. The maximum atomic E-state index is 14.0. The van der Waals surface area contributed by atoms with Gasteiger partial charge >= 0.3 is 0 Å². The summed E-state index contributed by atoms with van der Waals surface area (Å²) in [7, 11) is 0. The number of anilines is 2. The molecule has 0 spiro atoms. The third-order valence-electron chi connectivity index (χ3n) is 5.63. The van der Waals surface area contributed by atoms with Crippen LogP contribution in [-0.4, -0.2) is 28.3 Å². The molecule has 1 saturated heterocycles. The third kappa shape index (κ3) is 5.00. The van der Waals surface area contributed by atoms with Crippen LogP contribution in [-0.2, 0) is 17.8 Å². The van der Waals surface area contributed by atoms with Gasteiger partial charge in [-0.3, -0.25) is 19.6 Å². The van der Waals surface area contributed by atoms with E-state index >= 15 is 0 Å². The first-order valence-corrected chi connectivity index (χ1v) is 10.7. The molecule has 3 N–H and O–H groups in total. The van der Waals surface area contributed by atoms with Gasteiger partial charge in [-0.05, 0) is 43.2 Å². The minimum Gasteiger partial charge on any atom is -0.380 e. The van der Waals surface area contributed by atoms with Crippen molar-refractivity contribution in [2.45, 2.75) is 32.2 Å². The molecular formula is C24H22F3N5O2. The molecule has 10 heteroatoms. The molecule has 4 rings (SSSR count). The number of nitrogens with two attached hydrogens (primary N) is 1. The number of pyridine rings is 2. The molecule has 3 aromatic rings. The van der Waals surface area contributed by atoms with Gasteiger partial charge in [-0.1, -0.05) is 0 Å². The Morgan fingerprint density at radius 3 is 2.50 bits per heavy atom. The smallest absolute Gasteiger partial charge is 0.252 e. The van der Waals surface area contributed by atoms with E-state index in [2.05, 4.69) is 15.3 Å². The van der Waals surface area contributed by atoms with Crippen molar-refractivity contribution in [3.05, 3.63) is 82.7 Å². The minimum absolute atomic E-state index is 0.0212. The zero-order chi connectivity index (χ0) is 24.2. The largest absolute Gasteiger partial charge is 0.380 e. The maximum absolute atomic E-state index is 14.0. The third-order valence-corrected chi connectivity index (χ3v) is 5.63. The summed E-state index contributed by atoms with van der Waals surface area (Å²) in [5.74, 6) is -4.11. The topological polar surface area (TPSA) is 101 Å². The Hall–Kier alpha value is -3.95. The average molecular weight is 469 g/mol. The van der Waals surface area contributed by atoms with Crippen LogP contribution in [0.1, 0.15) is 46.6 Å². The highest BCUT2D eigenvalue weighted by Gasteiger charge is 2.20. The molecule has 1 aliphatic rings. The molecule has 0 aliphatic carbocycles. The van der Waals surface area contributed by atoms with E-state index in [-0.39, 0.29) is 17.2 Å². The number of aromatic nitrogens is 2. The summed E-state index contributed by atoms with van der Waals surface area (Å²) in [6.07, 6.45) is 5.55. The van der Waals surface area contributed by atoms with Crippen LogP contribution < -0.4 is 16.0 Å². The number of halogens is 3. The lowest BCUT2D eigenvalue weighted by Crippen LogP contribution is -2.35. The monoisotopic (exact) mass is 469 g/mol. The van der Waals surface area contributed by atoms with Gasteiger partial charge < -0.3 is 16.0 Å². The summed E-state index contributed by atoms with van der Waals surface area (Å²) in [5, 5.41) is 2.75. The Kier molecular flexibility index (Phi) is 6.76. The average Bonchev–Trinajstić information content (AvgIpc) is 2.82. The van der Waals surface area contributed by atoms with Gasteiger partial charge in [-0.2, -0.15) is 0 Å². The first-order valence-electron chi connectivity index (χ1n) is 10.7. The number of rotatable bonds is 7. The van der Waals surface area contributed by atoms with Gasteiger partial charge in [0.1, 0.15) is 5.82 Å². The van der Waals surface area contributed by atoms with Crippen molar-refractivity contribution in [2.24, 2.45) is 5.73 Å². The lowest BCUT2D eigenvalue weighted by atomic mass is 10.1. The van der Waals surface area contributed by atoms with E-state index in [9.17, 15) is 22.8 Å². The van der Waals surface area contributed by atoms with Crippen LogP contribution in [0, 0.1) is 17.5 Å². The predicted molar refractivity (Wildman–Crippen MR) is 120 cm³/mol. The van der Waals surface area contributed by atoms with E-state index in [0.717, 1.165) is 24.6 Å². The second kappa shape index (κ2) is 9.90. The van der Waals surface area contributed by atoms with Crippen molar-refractivity contribution in [3.63, 3.8) is 0 Å². The maximum Gasteiger partial charge on any atom is 0.252 e. The number of amides is 2. The number of piperidine rings is 1. The molecule has 1 aliphatic heterocycles. The molecule has 0 unspecified atom stereocenters. The van der Waals surface area contributed by atoms with E-state index < -0.39 is 35.5 Å². The van der Waals surface area contributed by atoms with Crippen molar-refractivity contribution in [3.8, 4) is 0 Å². The van der Waals surface area contributed by atoms with Crippen LogP contribution in [0.2, 0.25) is 0 Å². The van der Waals surface area contributed by atoms with Crippen molar-refractivity contribution < 1.29 is 22.8 Å². The van der Waals surface area contributed by atoms with E-state index in [1.165, 1.54) is 12.3 Å². The number of benzene rings is 1. The Morgan fingerprint density at radius 2 is 1.79 bits per heavy atom. The van der Waals surface area contributed by atoms with E-state index in [4.69, 9.17) is 5.73 Å². The summed E-state index contributed by atoms with van der Waals surface area (Å²) in [6.45, 7) is 0.257. The molecule has 2 amide bonds. The lowest BCUT2D eigenvalue weighted by molar-refractivity contribution is -0.119. The Labute approximate surface area is 193 Å². The SMILES string of the molecule is NC(=O)c1cnc(Cc2ccc(N3CCCCC3=O)cn2)cc1NCc1c(F)ccc(F)c1F. The summed E-state index contributed by atoms with van der Waals surface area (Å²) >= 11 is 0. The molecule has 7 nitrogen and oxygen atoms in total. The molecule has 0 bridgehead atoms. The molecular weight excluding hydrogens is 447 g/mol. The fourth-order valence-electron chi connectivity index (χ4n) is 3.80. The standard InChI is InChI=1S/C24H22F3N5O2/c25-19-6-7-20(26)23(27)17(19)12-31-21-10-15(30-13-18(21)24(28)34)9-14-4-5-16(11-29-14)32-8-2-1-3-22(32)33/h4-7,10-11,13H,1-3,8-9,12H2,(H2,28,34)(H,30,31). The van der Waals surface area contributed by atoms with Gasteiger partial charge in [0.15, 0.2) is 11.6 Å². The molecule has 176 valence electrons. The first kappa shape index (κ1) is 23.2. The Bertz CT molecular complexity index is 1230. The van der Waals surface area contributed by atoms with Crippen LogP contribution in [0.15, 0.2) is 42.7 Å². The molecule has 3 heterocycles. The Morgan fingerprint density at radius 1 is 1.03 bits per heavy atom. The second-order valence-corrected chi connectivity index (χ2v) is 7.95. The summed E-state index contributed by atoms with van der Waals surface area (Å²) in [5.41, 5.74) is 7.03. The molecule has 0 saturated carbocycles. The van der Waals surface area contributed by atoms with Crippen molar-refractivity contribution in [2.75, 3.05) is 16.8 Å². The first-order chi connectivity index (χ1) is 16.3. The fraction of sp³-hybridized carbons (Fsp3) is 0.250. The fourth-order valence-corrected chi connectivity index (χ4v) is 3.80. The lowest BCUT2D eigenvalue weighted by Gasteiger charge is -2.26. The van der Waals surface area contributed by atoms with Crippen LogP contribution in [0.25, 0.3) is 0 Å². The van der Waals surface area contributed by atoms with Crippen LogP contribution in [0.5, 0.6) is 0 Å². The predicted octanol–water partition coefficient (Wildman–Crippen LogP) is 3.71. The van der Waals surface area contributed by atoms with Crippen molar-refractivity contribution >= 4 is 23.2 Å². The summed E-state index contributed by atoms with van der Waals surface area (Å²) < 4.78 is 41.4. The molecule has 1 fully saturated rings. The van der Waals surface area contributed by atoms with Crippen molar-refractivity contribution in [1.29, 1.82) is 0 Å². The highest BCUT2D eigenvalue weighted by atomic mass is 19.2. The zero-order valence-corrected chi connectivity index (χ0v) is 18.2. The van der Waals surface area contributed by atoms with Gasteiger partial charge in [0.25, 0.3) is 5.91 Å². The zero-order valence-electron chi connectivity index (χ0n) is 18.2. The highest BCUT2D eigenvalue weighted by Crippen LogP contribution is 2.23. The van der Waals surface area contributed by atoms with Gasteiger partial charge in [0, 0.05) is 49.1 Å². The highest BCUT2D eigenvalue weighted by molar-refractivity contribution is 5.98. The summed E-state index contributed by atoms with van der Waals surface area (Å²) in [6, 6.07) is 6.66. The molecule has 0 atom stereocenters. The van der Waals surface area contributed by atoms with Gasteiger partial charge in [0.05, 0.1) is 23.1 Å². The normalized spacial score (nSPS) is 13.7. The number of hydrogen-bond donors (Lipinski definition) is 2. The van der Waals surface area contributed by atoms with Crippen LogP contribution >= 0.6 is 0 Å². The molecule has 1 aromatic carbocycles. The molecule has 34 heavy (non-hydrogen) atoms. The number of carbonyl (C=O) groups is 2. The number of nitrogens with zero attached hydrogens (tertiary/aromatic N) is 3. The Balaban J connectivity index is 1.52.